The van der Waals surface area contributed by atoms with Gasteiger partial charge in [-0.25, -0.2) is 9.98 Å². The van der Waals surface area contributed by atoms with Crippen molar-refractivity contribution in [2.24, 2.45) is 4.99 Å². The van der Waals surface area contributed by atoms with Gasteiger partial charge in [-0.3, -0.25) is 4.68 Å². The summed E-state index contributed by atoms with van der Waals surface area (Å²) in [5.74, 6) is 0.827. The number of guanidine groups is 1. The summed E-state index contributed by atoms with van der Waals surface area (Å²) in [6.45, 7) is 5.23. The van der Waals surface area contributed by atoms with E-state index in [1.165, 1.54) is 0 Å². The molecule has 0 atom stereocenters. The number of nitrogens with zero attached hydrogens (tertiary/aromatic N) is 5. The summed E-state index contributed by atoms with van der Waals surface area (Å²) < 4.78 is 3.95. The summed E-state index contributed by atoms with van der Waals surface area (Å²) in [5.41, 5.74) is 2.25. The maximum atomic E-state index is 4.73. The van der Waals surface area contributed by atoms with Gasteiger partial charge in [0.15, 0.2) is 5.96 Å². The van der Waals surface area contributed by atoms with E-state index in [-0.39, 0.29) is 24.0 Å². The highest BCUT2D eigenvalue weighted by Crippen LogP contribution is 2.14. The highest BCUT2D eigenvalue weighted by Gasteiger charge is 2.04. The van der Waals surface area contributed by atoms with Crippen LogP contribution in [0.25, 0.3) is 5.69 Å². The van der Waals surface area contributed by atoms with E-state index >= 15 is 0 Å². The second-order valence-corrected chi connectivity index (χ2v) is 5.84. The van der Waals surface area contributed by atoms with Crippen LogP contribution in [0.5, 0.6) is 0 Å². The Labute approximate surface area is 176 Å². The predicted molar refractivity (Wildman–Crippen MR) is 119 cm³/mol. The van der Waals surface area contributed by atoms with E-state index in [9.17, 15) is 0 Å². The molecule has 0 saturated carbocycles. The van der Waals surface area contributed by atoms with Gasteiger partial charge in [0.05, 0.1) is 18.6 Å². The lowest BCUT2D eigenvalue weighted by molar-refractivity contribution is 0.570. The lowest BCUT2D eigenvalue weighted by Gasteiger charge is -2.13. The summed E-state index contributed by atoms with van der Waals surface area (Å²) in [6, 6.07) is 10.2. The fourth-order valence-electron chi connectivity index (χ4n) is 2.68. The van der Waals surface area contributed by atoms with Crippen LogP contribution in [0.2, 0.25) is 0 Å². The van der Waals surface area contributed by atoms with Gasteiger partial charge in [-0.15, -0.1) is 24.0 Å². The minimum atomic E-state index is 0. The summed E-state index contributed by atoms with van der Waals surface area (Å²) in [4.78, 5) is 8.86. The molecule has 0 spiro atoms. The van der Waals surface area contributed by atoms with Gasteiger partial charge in [0.25, 0.3) is 0 Å². The van der Waals surface area contributed by atoms with Crippen LogP contribution in [0.4, 0.5) is 0 Å². The van der Waals surface area contributed by atoms with Crippen LogP contribution in [-0.2, 0) is 13.1 Å². The number of rotatable bonds is 8. The van der Waals surface area contributed by atoms with Gasteiger partial charge in [0, 0.05) is 44.4 Å². The van der Waals surface area contributed by atoms with E-state index < -0.39 is 0 Å². The molecule has 8 heteroatoms. The standard InChI is InChI=1S/C19H25N7.HI/c1-2-21-19(22-9-5-12-26-13-6-10-24-26)23-15-17-7-3-4-8-18(17)25-14-11-20-16-25;/h3-4,6-8,10-11,13-14,16H,2,5,9,12,15H2,1H3,(H2,21,22,23);1H. The van der Waals surface area contributed by atoms with Crippen molar-refractivity contribution in [3.8, 4) is 5.69 Å². The summed E-state index contributed by atoms with van der Waals surface area (Å²) >= 11 is 0. The Balaban J connectivity index is 0.00000261. The molecule has 0 aliphatic heterocycles. The van der Waals surface area contributed by atoms with Crippen molar-refractivity contribution in [1.29, 1.82) is 0 Å². The Hall–Kier alpha value is -2.36. The molecule has 0 amide bonds. The molecule has 27 heavy (non-hydrogen) atoms. The number of halogens is 1. The Bertz CT molecular complexity index is 797. The van der Waals surface area contributed by atoms with Gasteiger partial charge >= 0.3 is 0 Å². The molecule has 1 aromatic carbocycles. The molecule has 2 aromatic heterocycles. The second kappa shape index (κ2) is 11.4. The molecule has 144 valence electrons. The SMILES string of the molecule is CCNC(=NCc1ccccc1-n1ccnc1)NCCCn1cccn1.I. The minimum absolute atomic E-state index is 0. The lowest BCUT2D eigenvalue weighted by atomic mass is 10.2. The van der Waals surface area contributed by atoms with Crippen LogP contribution in [0.15, 0.2) is 66.4 Å². The fraction of sp³-hybridized carbons (Fsp3) is 0.316. The smallest absolute Gasteiger partial charge is 0.191 e. The first kappa shape index (κ1) is 20.9. The normalized spacial score (nSPS) is 11.1. The van der Waals surface area contributed by atoms with Gasteiger partial charge in [0.2, 0.25) is 0 Å². The molecule has 0 aliphatic carbocycles. The number of hydrogen-bond donors (Lipinski definition) is 2. The number of benzene rings is 1. The highest BCUT2D eigenvalue weighted by molar-refractivity contribution is 14.0. The van der Waals surface area contributed by atoms with Crippen molar-refractivity contribution in [3.63, 3.8) is 0 Å². The van der Waals surface area contributed by atoms with Crippen LogP contribution < -0.4 is 10.6 Å². The maximum absolute atomic E-state index is 4.73. The lowest BCUT2D eigenvalue weighted by Crippen LogP contribution is -2.38. The van der Waals surface area contributed by atoms with E-state index in [0.717, 1.165) is 43.3 Å². The van der Waals surface area contributed by atoms with E-state index in [1.54, 1.807) is 18.7 Å². The van der Waals surface area contributed by atoms with Crippen molar-refractivity contribution in [1.82, 2.24) is 30.0 Å². The van der Waals surface area contributed by atoms with E-state index in [0.29, 0.717) is 6.54 Å². The first-order valence-electron chi connectivity index (χ1n) is 8.92. The van der Waals surface area contributed by atoms with Crippen molar-refractivity contribution in [2.75, 3.05) is 13.1 Å². The third-order valence-corrected chi connectivity index (χ3v) is 3.94. The average Bonchev–Trinajstić information content (AvgIpc) is 3.37. The molecule has 2 heterocycles. The summed E-state index contributed by atoms with van der Waals surface area (Å²) in [7, 11) is 0. The Morgan fingerprint density at radius 1 is 1.11 bits per heavy atom. The predicted octanol–water partition coefficient (Wildman–Crippen LogP) is 2.83. The molecule has 0 unspecified atom stereocenters. The third kappa shape index (κ3) is 6.38. The highest BCUT2D eigenvalue weighted by atomic mass is 127. The summed E-state index contributed by atoms with van der Waals surface area (Å²) in [5, 5.41) is 10.9. The Kier molecular flexibility index (Phi) is 8.82. The second-order valence-electron chi connectivity index (χ2n) is 5.84. The van der Waals surface area contributed by atoms with Crippen LogP contribution >= 0.6 is 24.0 Å². The molecule has 2 N–H and O–H groups in total. The zero-order valence-corrected chi connectivity index (χ0v) is 17.8. The van der Waals surface area contributed by atoms with Gasteiger partial charge in [-0.1, -0.05) is 18.2 Å². The largest absolute Gasteiger partial charge is 0.357 e. The Morgan fingerprint density at radius 3 is 2.74 bits per heavy atom. The molecule has 3 rings (SSSR count). The molecule has 0 aliphatic rings. The number of hydrogen-bond acceptors (Lipinski definition) is 3. The van der Waals surface area contributed by atoms with E-state index in [1.807, 2.05) is 39.8 Å². The molecule has 7 nitrogen and oxygen atoms in total. The number of aliphatic imine (C=N–C) groups is 1. The van der Waals surface area contributed by atoms with Crippen LogP contribution in [0, 0.1) is 0 Å². The molecular formula is C19H26IN7. The molecule has 0 saturated heterocycles. The van der Waals surface area contributed by atoms with Crippen LogP contribution in [-0.4, -0.2) is 38.4 Å². The number of nitrogens with one attached hydrogen (secondary N) is 2. The third-order valence-electron chi connectivity index (χ3n) is 3.94. The van der Waals surface area contributed by atoms with Crippen LogP contribution in [0.1, 0.15) is 18.9 Å². The Morgan fingerprint density at radius 2 is 2.00 bits per heavy atom. The molecule has 0 bridgehead atoms. The van der Waals surface area contributed by atoms with Gasteiger partial charge in [0.1, 0.15) is 0 Å². The van der Waals surface area contributed by atoms with Gasteiger partial charge in [-0.05, 0) is 31.0 Å². The first-order valence-corrected chi connectivity index (χ1v) is 8.92. The van der Waals surface area contributed by atoms with Crippen molar-refractivity contribution >= 4 is 29.9 Å². The average molecular weight is 479 g/mol. The molecule has 0 radical (unpaired) electrons. The number of aromatic nitrogens is 4. The number of aryl methyl sites for hydroxylation is 1. The van der Waals surface area contributed by atoms with Crippen molar-refractivity contribution in [2.45, 2.75) is 26.4 Å². The van der Waals surface area contributed by atoms with E-state index in [2.05, 4.69) is 39.8 Å². The zero-order chi connectivity index (χ0) is 18.0. The fourth-order valence-corrected chi connectivity index (χ4v) is 2.68. The maximum Gasteiger partial charge on any atom is 0.191 e. The number of para-hydroxylation sites is 1. The quantitative estimate of drug-likeness (QED) is 0.226. The molecular weight excluding hydrogens is 453 g/mol. The van der Waals surface area contributed by atoms with Gasteiger partial charge in [-0.2, -0.15) is 5.10 Å². The topological polar surface area (TPSA) is 72.1 Å². The van der Waals surface area contributed by atoms with Crippen molar-refractivity contribution in [3.05, 3.63) is 67.0 Å². The minimum Gasteiger partial charge on any atom is -0.357 e. The van der Waals surface area contributed by atoms with Gasteiger partial charge < -0.3 is 15.2 Å². The zero-order valence-electron chi connectivity index (χ0n) is 15.5. The molecule has 0 fully saturated rings. The van der Waals surface area contributed by atoms with E-state index in [4.69, 9.17) is 4.99 Å². The molecule has 3 aromatic rings. The summed E-state index contributed by atoms with van der Waals surface area (Å²) in [6.07, 6.45) is 10.3. The monoisotopic (exact) mass is 479 g/mol. The first-order chi connectivity index (χ1) is 12.9. The van der Waals surface area contributed by atoms with Crippen molar-refractivity contribution < 1.29 is 0 Å². The number of imidazole rings is 1. The van der Waals surface area contributed by atoms with Crippen LogP contribution in [0.3, 0.4) is 0 Å².